The molecule has 2 N–H and O–H groups in total. The van der Waals surface area contributed by atoms with E-state index in [1.165, 1.54) is 0 Å². The fraction of sp³-hybridized carbons (Fsp3) is 0.667. The number of likely N-dealkylation sites (tertiary alicyclic amines) is 1. The minimum atomic E-state index is -0.169. The van der Waals surface area contributed by atoms with Crippen LogP contribution in [0.2, 0.25) is 0 Å². The molecule has 1 heterocycles. The summed E-state index contributed by atoms with van der Waals surface area (Å²) in [5, 5.41) is 6.96. The summed E-state index contributed by atoms with van der Waals surface area (Å²) in [5.74, 6) is 2.45. The van der Waals surface area contributed by atoms with Crippen molar-refractivity contribution in [1.82, 2.24) is 20.4 Å². The summed E-state index contributed by atoms with van der Waals surface area (Å²) in [6.07, 6.45) is 1.98. The molecule has 0 aromatic heterocycles. The van der Waals surface area contributed by atoms with Gasteiger partial charge >= 0.3 is 0 Å². The SMILES string of the molecule is CCNC(=NCC(C)(C)c1ccc(OC)c(OC)c1)NC1CCN(CC(=O)N(C)C)CC1.I. The fourth-order valence-corrected chi connectivity index (χ4v) is 3.71. The van der Waals surface area contributed by atoms with E-state index in [1.54, 1.807) is 33.2 Å². The molecule has 1 amide bonds. The lowest BCUT2D eigenvalue weighted by Crippen LogP contribution is -2.50. The van der Waals surface area contributed by atoms with Crippen molar-refractivity contribution < 1.29 is 14.3 Å². The third kappa shape index (κ3) is 8.84. The number of ether oxygens (including phenoxy) is 2. The van der Waals surface area contributed by atoms with Gasteiger partial charge in [0.25, 0.3) is 0 Å². The van der Waals surface area contributed by atoms with E-state index in [9.17, 15) is 4.79 Å². The van der Waals surface area contributed by atoms with Crippen molar-refractivity contribution in [2.75, 3.05) is 61.0 Å². The van der Waals surface area contributed by atoms with Crippen LogP contribution in [0, 0.1) is 0 Å². The minimum absolute atomic E-state index is 0. The first-order valence-corrected chi connectivity index (χ1v) is 11.4. The van der Waals surface area contributed by atoms with Gasteiger partial charge in [0, 0.05) is 45.2 Å². The number of hydrogen-bond donors (Lipinski definition) is 2. The van der Waals surface area contributed by atoms with Crippen molar-refractivity contribution in [1.29, 1.82) is 0 Å². The van der Waals surface area contributed by atoms with Gasteiger partial charge < -0.3 is 25.0 Å². The van der Waals surface area contributed by atoms with E-state index >= 15 is 0 Å². The van der Waals surface area contributed by atoms with Gasteiger partial charge in [-0.15, -0.1) is 24.0 Å². The van der Waals surface area contributed by atoms with Crippen molar-refractivity contribution >= 4 is 35.8 Å². The first-order valence-electron chi connectivity index (χ1n) is 11.4. The number of hydrogen-bond acceptors (Lipinski definition) is 5. The number of carbonyl (C=O) groups excluding carboxylic acids is 1. The third-order valence-electron chi connectivity index (χ3n) is 5.93. The second-order valence-electron chi connectivity index (χ2n) is 9.13. The predicted octanol–water partition coefficient (Wildman–Crippen LogP) is 2.71. The molecule has 1 aromatic rings. The van der Waals surface area contributed by atoms with E-state index in [2.05, 4.69) is 42.4 Å². The maximum absolute atomic E-state index is 12.0. The molecular formula is C24H42IN5O3. The number of carbonyl (C=O) groups is 1. The number of guanidine groups is 1. The number of amides is 1. The Bertz CT molecular complexity index is 777. The van der Waals surface area contributed by atoms with Gasteiger partial charge in [-0.2, -0.15) is 0 Å². The molecule has 0 spiro atoms. The van der Waals surface area contributed by atoms with E-state index in [0.717, 1.165) is 55.5 Å². The largest absolute Gasteiger partial charge is 0.493 e. The van der Waals surface area contributed by atoms with Gasteiger partial charge in [-0.3, -0.25) is 14.7 Å². The zero-order valence-corrected chi connectivity index (χ0v) is 23.6. The molecule has 1 saturated heterocycles. The van der Waals surface area contributed by atoms with Crippen LogP contribution < -0.4 is 20.1 Å². The van der Waals surface area contributed by atoms with E-state index in [0.29, 0.717) is 19.1 Å². The first kappa shape index (κ1) is 29.3. The van der Waals surface area contributed by atoms with Crippen molar-refractivity contribution in [3.63, 3.8) is 0 Å². The molecule has 188 valence electrons. The molecule has 0 aliphatic carbocycles. The molecular weight excluding hydrogens is 533 g/mol. The highest BCUT2D eigenvalue weighted by atomic mass is 127. The number of nitrogens with zero attached hydrogens (tertiary/aromatic N) is 3. The molecule has 8 nitrogen and oxygen atoms in total. The van der Waals surface area contributed by atoms with Gasteiger partial charge in [-0.25, -0.2) is 0 Å². The van der Waals surface area contributed by atoms with Gasteiger partial charge in [-0.05, 0) is 37.5 Å². The van der Waals surface area contributed by atoms with Crippen LogP contribution in [0.3, 0.4) is 0 Å². The number of benzene rings is 1. The van der Waals surface area contributed by atoms with Crippen LogP contribution in [0.25, 0.3) is 0 Å². The van der Waals surface area contributed by atoms with Gasteiger partial charge in [0.15, 0.2) is 17.5 Å². The van der Waals surface area contributed by atoms with E-state index in [-0.39, 0.29) is 35.3 Å². The Morgan fingerprint density at radius 3 is 2.36 bits per heavy atom. The van der Waals surface area contributed by atoms with Crippen molar-refractivity contribution in [2.45, 2.75) is 45.1 Å². The molecule has 0 bridgehead atoms. The number of methoxy groups -OCH3 is 2. The maximum atomic E-state index is 12.0. The summed E-state index contributed by atoms with van der Waals surface area (Å²) in [4.78, 5) is 20.7. The second kappa shape index (κ2) is 13.8. The highest BCUT2D eigenvalue weighted by Gasteiger charge is 2.24. The molecule has 0 saturated carbocycles. The van der Waals surface area contributed by atoms with Crippen molar-refractivity contribution in [3.8, 4) is 11.5 Å². The normalized spacial score (nSPS) is 15.4. The Morgan fingerprint density at radius 2 is 1.82 bits per heavy atom. The minimum Gasteiger partial charge on any atom is -0.493 e. The van der Waals surface area contributed by atoms with E-state index in [4.69, 9.17) is 14.5 Å². The lowest BCUT2D eigenvalue weighted by Gasteiger charge is -2.33. The second-order valence-corrected chi connectivity index (χ2v) is 9.13. The molecule has 2 rings (SSSR count). The summed E-state index contributed by atoms with van der Waals surface area (Å²) in [5.41, 5.74) is 0.978. The van der Waals surface area contributed by atoms with Crippen LogP contribution in [0.15, 0.2) is 23.2 Å². The lowest BCUT2D eigenvalue weighted by molar-refractivity contribution is -0.130. The summed E-state index contributed by atoms with van der Waals surface area (Å²) in [6, 6.07) is 6.39. The van der Waals surface area contributed by atoms with Crippen LogP contribution in [-0.4, -0.2) is 88.7 Å². The molecule has 1 aliphatic rings. The van der Waals surface area contributed by atoms with Crippen molar-refractivity contribution in [3.05, 3.63) is 23.8 Å². The first-order chi connectivity index (χ1) is 15.2. The quantitative estimate of drug-likeness (QED) is 0.268. The molecule has 1 aromatic carbocycles. The number of rotatable bonds is 9. The standard InChI is InChI=1S/C24H41N5O3.HI/c1-8-25-23(27-19-11-13-29(14-12-19)16-22(30)28(4)5)26-17-24(2,3)18-9-10-20(31-6)21(15-18)32-7;/h9-10,15,19H,8,11-14,16-17H2,1-7H3,(H2,25,26,27);1H. The summed E-state index contributed by atoms with van der Waals surface area (Å²) in [7, 11) is 6.91. The van der Waals surface area contributed by atoms with Gasteiger partial charge in [0.1, 0.15) is 0 Å². The molecule has 1 fully saturated rings. The lowest BCUT2D eigenvalue weighted by atomic mass is 9.84. The van der Waals surface area contributed by atoms with Gasteiger partial charge in [0.05, 0.1) is 27.3 Å². The number of likely N-dealkylation sites (N-methyl/N-ethyl adjacent to an activating group) is 1. The summed E-state index contributed by atoms with van der Waals surface area (Å²) in [6.45, 7) is 10.2. The monoisotopic (exact) mass is 575 g/mol. The Morgan fingerprint density at radius 1 is 1.18 bits per heavy atom. The fourth-order valence-electron chi connectivity index (χ4n) is 3.71. The Balaban J connectivity index is 0.00000544. The van der Waals surface area contributed by atoms with Crippen molar-refractivity contribution in [2.24, 2.45) is 4.99 Å². The van der Waals surface area contributed by atoms with Crippen LogP contribution >= 0.6 is 24.0 Å². The predicted molar refractivity (Wildman–Crippen MR) is 145 cm³/mol. The molecule has 1 aliphatic heterocycles. The molecule has 0 atom stereocenters. The maximum Gasteiger partial charge on any atom is 0.236 e. The van der Waals surface area contributed by atoms with Crippen LogP contribution in [0.4, 0.5) is 0 Å². The summed E-state index contributed by atoms with van der Waals surface area (Å²) < 4.78 is 10.8. The Kier molecular flexibility index (Phi) is 12.3. The average molecular weight is 576 g/mol. The summed E-state index contributed by atoms with van der Waals surface area (Å²) >= 11 is 0. The molecule has 33 heavy (non-hydrogen) atoms. The zero-order chi connectivity index (χ0) is 23.7. The molecule has 9 heteroatoms. The topological polar surface area (TPSA) is 78.4 Å². The molecule has 0 radical (unpaired) electrons. The molecule has 0 unspecified atom stereocenters. The van der Waals surface area contributed by atoms with E-state index in [1.807, 2.05) is 12.1 Å². The van der Waals surface area contributed by atoms with Crippen LogP contribution in [0.1, 0.15) is 39.2 Å². The Labute approximate surface area is 216 Å². The van der Waals surface area contributed by atoms with Gasteiger partial charge in [0.2, 0.25) is 5.91 Å². The Hall–Kier alpha value is -1.75. The number of aliphatic imine (C=N–C) groups is 1. The highest BCUT2D eigenvalue weighted by Crippen LogP contribution is 2.33. The average Bonchev–Trinajstić information content (AvgIpc) is 2.78. The third-order valence-corrected chi connectivity index (χ3v) is 5.93. The zero-order valence-electron chi connectivity index (χ0n) is 21.2. The van der Waals surface area contributed by atoms with Crippen LogP contribution in [0.5, 0.6) is 11.5 Å². The smallest absolute Gasteiger partial charge is 0.236 e. The number of nitrogens with one attached hydrogen (secondary N) is 2. The van der Waals surface area contributed by atoms with Crippen LogP contribution in [-0.2, 0) is 10.2 Å². The van der Waals surface area contributed by atoms with Gasteiger partial charge in [-0.1, -0.05) is 19.9 Å². The van der Waals surface area contributed by atoms with E-state index < -0.39 is 0 Å². The number of halogens is 1. The number of piperidine rings is 1. The highest BCUT2D eigenvalue weighted by molar-refractivity contribution is 14.0.